The van der Waals surface area contributed by atoms with Crippen LogP contribution in [0.15, 0.2) is 30.3 Å². The normalized spacial score (nSPS) is 16.3. The second-order valence-corrected chi connectivity index (χ2v) is 7.42. The lowest BCUT2D eigenvalue weighted by Gasteiger charge is -2.33. The number of amides is 1. The Kier molecular flexibility index (Phi) is 6.48. The van der Waals surface area contributed by atoms with Crippen LogP contribution in [0.3, 0.4) is 0 Å². The van der Waals surface area contributed by atoms with Gasteiger partial charge in [0.2, 0.25) is 5.91 Å². The van der Waals surface area contributed by atoms with Gasteiger partial charge in [-0.15, -0.1) is 0 Å². The van der Waals surface area contributed by atoms with Gasteiger partial charge < -0.3 is 15.0 Å². The van der Waals surface area contributed by atoms with Gasteiger partial charge >= 0.3 is 6.18 Å². The summed E-state index contributed by atoms with van der Waals surface area (Å²) in [5.41, 5.74) is 0.0240. The predicted molar refractivity (Wildman–Crippen MR) is 106 cm³/mol. The van der Waals surface area contributed by atoms with Crippen LogP contribution in [0.5, 0.6) is 5.75 Å². The average molecular weight is 422 g/mol. The van der Waals surface area contributed by atoms with Crippen LogP contribution in [-0.2, 0) is 11.0 Å². The Bertz CT molecular complexity index is 879. The first-order valence-electron chi connectivity index (χ1n) is 9.79. The quantitative estimate of drug-likeness (QED) is 0.792. The van der Waals surface area contributed by atoms with E-state index in [1.165, 1.54) is 6.92 Å². The zero-order valence-corrected chi connectivity index (χ0v) is 17.2. The van der Waals surface area contributed by atoms with E-state index in [9.17, 15) is 18.0 Å². The van der Waals surface area contributed by atoms with Gasteiger partial charge in [-0.05, 0) is 44.4 Å². The van der Waals surface area contributed by atoms with Crippen LogP contribution in [0, 0.1) is 12.8 Å². The second-order valence-electron chi connectivity index (χ2n) is 7.42. The Labute approximate surface area is 173 Å². The summed E-state index contributed by atoms with van der Waals surface area (Å²) in [4.78, 5) is 22.1. The molecule has 0 bridgehead atoms. The number of nitrogens with zero attached hydrogens (tertiary/aromatic N) is 3. The van der Waals surface area contributed by atoms with Crippen molar-refractivity contribution >= 4 is 11.7 Å². The van der Waals surface area contributed by atoms with Crippen molar-refractivity contribution < 1.29 is 22.7 Å². The molecule has 1 aromatic heterocycles. The molecule has 2 heterocycles. The maximum atomic E-state index is 13.0. The molecular formula is C21H25F3N4O2. The van der Waals surface area contributed by atoms with Crippen LogP contribution < -0.4 is 15.0 Å². The number of rotatable bonds is 5. The fraction of sp³-hybridized carbons (Fsp3) is 0.476. The Balaban J connectivity index is 1.58. The van der Waals surface area contributed by atoms with E-state index >= 15 is 0 Å². The number of carbonyl (C=O) groups is 1. The summed E-state index contributed by atoms with van der Waals surface area (Å²) in [5, 5.41) is 3.02. The van der Waals surface area contributed by atoms with Gasteiger partial charge in [-0.3, -0.25) is 4.79 Å². The van der Waals surface area contributed by atoms with Crippen molar-refractivity contribution in [2.75, 3.05) is 25.1 Å². The number of aryl methyl sites for hydroxylation is 1. The molecule has 1 fully saturated rings. The highest BCUT2D eigenvalue weighted by Gasteiger charge is 2.34. The highest BCUT2D eigenvalue weighted by molar-refractivity contribution is 5.79. The van der Waals surface area contributed by atoms with E-state index < -0.39 is 11.9 Å². The van der Waals surface area contributed by atoms with Crippen LogP contribution in [0.25, 0.3) is 0 Å². The second kappa shape index (κ2) is 8.89. The van der Waals surface area contributed by atoms with Crippen molar-refractivity contribution in [3.63, 3.8) is 0 Å². The maximum Gasteiger partial charge on any atom is 0.433 e. The Morgan fingerprint density at radius 1 is 1.20 bits per heavy atom. The molecule has 1 amide bonds. The number of hydrogen-bond donors (Lipinski definition) is 1. The molecule has 0 saturated carbocycles. The highest BCUT2D eigenvalue weighted by Crippen LogP contribution is 2.31. The molecule has 1 aliphatic heterocycles. The van der Waals surface area contributed by atoms with Gasteiger partial charge in [0.15, 0.2) is 0 Å². The molecule has 9 heteroatoms. The summed E-state index contributed by atoms with van der Waals surface area (Å²) in [5.74, 6) is 0.839. The average Bonchev–Trinajstić information content (AvgIpc) is 2.72. The molecule has 0 radical (unpaired) electrons. The van der Waals surface area contributed by atoms with Crippen molar-refractivity contribution in [2.45, 2.75) is 38.9 Å². The van der Waals surface area contributed by atoms with Gasteiger partial charge in [0.1, 0.15) is 23.1 Å². The molecule has 2 aromatic rings. The first kappa shape index (κ1) is 21.9. The van der Waals surface area contributed by atoms with E-state index in [4.69, 9.17) is 4.74 Å². The van der Waals surface area contributed by atoms with Crippen molar-refractivity contribution in [1.82, 2.24) is 15.3 Å². The fourth-order valence-corrected chi connectivity index (χ4v) is 3.54. The Morgan fingerprint density at radius 2 is 1.83 bits per heavy atom. The number of aromatic nitrogens is 2. The molecule has 0 aliphatic carbocycles. The zero-order valence-electron chi connectivity index (χ0n) is 17.2. The third-order valence-corrected chi connectivity index (χ3v) is 5.28. The number of methoxy groups -OCH3 is 1. The van der Waals surface area contributed by atoms with Crippen LogP contribution in [0.1, 0.15) is 42.9 Å². The molecule has 30 heavy (non-hydrogen) atoms. The van der Waals surface area contributed by atoms with E-state index in [0.29, 0.717) is 25.9 Å². The molecule has 0 spiro atoms. The predicted octanol–water partition coefficient (Wildman–Crippen LogP) is 3.91. The highest BCUT2D eigenvalue weighted by atomic mass is 19.4. The SMILES string of the molecule is COc1ccc([C@@H](C)NC(=O)C2CCN(c3cc(C(F)(F)F)nc(C)n3)CC2)cc1. The molecule has 0 unspecified atom stereocenters. The van der Waals surface area contributed by atoms with Crippen molar-refractivity contribution in [3.8, 4) is 5.75 Å². The number of halogens is 3. The first-order valence-corrected chi connectivity index (χ1v) is 9.79. The standard InChI is InChI=1S/C21H25F3N4O2/c1-13(15-4-6-17(30-3)7-5-15)25-20(29)16-8-10-28(11-9-16)19-12-18(21(22,23)24)26-14(2)27-19/h4-7,12-13,16H,8-11H2,1-3H3,(H,25,29)/t13-/m1/s1. The number of ether oxygens (including phenoxy) is 1. The third-order valence-electron chi connectivity index (χ3n) is 5.28. The number of nitrogens with one attached hydrogen (secondary N) is 1. The van der Waals surface area contributed by atoms with Crippen LogP contribution >= 0.6 is 0 Å². The minimum absolute atomic E-state index is 0.0483. The van der Waals surface area contributed by atoms with Gasteiger partial charge in [-0.2, -0.15) is 13.2 Å². The molecular weight excluding hydrogens is 397 g/mol. The van der Waals surface area contributed by atoms with Crippen molar-refractivity contribution in [1.29, 1.82) is 0 Å². The van der Waals surface area contributed by atoms with E-state index in [1.54, 1.807) is 12.0 Å². The van der Waals surface area contributed by atoms with E-state index in [1.807, 2.05) is 31.2 Å². The minimum Gasteiger partial charge on any atom is -0.497 e. The van der Waals surface area contributed by atoms with Crippen LogP contribution in [0.2, 0.25) is 0 Å². The topological polar surface area (TPSA) is 67.3 Å². The largest absolute Gasteiger partial charge is 0.497 e. The maximum absolute atomic E-state index is 13.0. The Hall–Kier alpha value is -2.84. The Morgan fingerprint density at radius 3 is 2.40 bits per heavy atom. The number of carbonyl (C=O) groups excluding carboxylic acids is 1. The van der Waals surface area contributed by atoms with Crippen LogP contribution in [0.4, 0.5) is 19.0 Å². The molecule has 1 aliphatic rings. The summed E-state index contributed by atoms with van der Waals surface area (Å²) >= 11 is 0. The minimum atomic E-state index is -4.52. The molecule has 1 N–H and O–H groups in total. The first-order chi connectivity index (χ1) is 14.2. The summed E-state index contributed by atoms with van der Waals surface area (Å²) in [6.07, 6.45) is -3.42. The van der Waals surface area contributed by atoms with Gasteiger partial charge in [0, 0.05) is 25.1 Å². The summed E-state index contributed by atoms with van der Waals surface area (Å²) in [7, 11) is 1.60. The van der Waals surface area contributed by atoms with Gasteiger partial charge in [0.25, 0.3) is 0 Å². The molecule has 6 nitrogen and oxygen atoms in total. The van der Waals surface area contributed by atoms with E-state index in [0.717, 1.165) is 17.4 Å². The van der Waals surface area contributed by atoms with Gasteiger partial charge in [0.05, 0.1) is 13.2 Å². The van der Waals surface area contributed by atoms with Crippen LogP contribution in [-0.4, -0.2) is 36.1 Å². The van der Waals surface area contributed by atoms with Crippen molar-refractivity contribution in [3.05, 3.63) is 47.4 Å². The number of anilines is 1. The lowest BCUT2D eigenvalue weighted by Crippen LogP contribution is -2.41. The molecule has 1 saturated heterocycles. The van der Waals surface area contributed by atoms with E-state index in [-0.39, 0.29) is 29.5 Å². The number of benzene rings is 1. The van der Waals surface area contributed by atoms with Gasteiger partial charge in [-0.25, -0.2) is 9.97 Å². The number of alkyl halides is 3. The summed E-state index contributed by atoms with van der Waals surface area (Å²) in [6, 6.07) is 8.31. The van der Waals surface area contributed by atoms with E-state index in [2.05, 4.69) is 15.3 Å². The van der Waals surface area contributed by atoms with Gasteiger partial charge in [-0.1, -0.05) is 12.1 Å². The molecule has 162 valence electrons. The lowest BCUT2D eigenvalue weighted by atomic mass is 9.95. The summed E-state index contributed by atoms with van der Waals surface area (Å²) < 4.78 is 44.2. The molecule has 1 atom stereocenters. The number of piperidine rings is 1. The lowest BCUT2D eigenvalue weighted by molar-refractivity contribution is -0.141. The monoisotopic (exact) mass is 422 g/mol. The molecule has 3 rings (SSSR count). The smallest absolute Gasteiger partial charge is 0.433 e. The molecule has 1 aromatic carbocycles. The summed E-state index contributed by atoms with van der Waals surface area (Å²) in [6.45, 7) is 4.28. The number of hydrogen-bond acceptors (Lipinski definition) is 5. The fourth-order valence-electron chi connectivity index (χ4n) is 3.54. The van der Waals surface area contributed by atoms with Crippen molar-refractivity contribution in [2.24, 2.45) is 5.92 Å². The zero-order chi connectivity index (χ0) is 21.9. The third kappa shape index (κ3) is 5.20.